The molecule has 1 N–H and O–H groups in total. The molecule has 2 rings (SSSR count). The van der Waals surface area contributed by atoms with Gasteiger partial charge >= 0.3 is 0 Å². The molecule has 112 valence electrons. The van der Waals surface area contributed by atoms with Gasteiger partial charge in [0, 0.05) is 30.3 Å². The lowest BCUT2D eigenvalue weighted by Gasteiger charge is -2.06. The van der Waals surface area contributed by atoms with E-state index in [-0.39, 0.29) is 0 Å². The summed E-state index contributed by atoms with van der Waals surface area (Å²) in [5.74, 6) is 0. The van der Waals surface area contributed by atoms with Crippen LogP contribution in [0.3, 0.4) is 0 Å². The van der Waals surface area contributed by atoms with Crippen LogP contribution in [0.4, 0.5) is 0 Å². The Bertz CT molecular complexity index is 666. The van der Waals surface area contributed by atoms with E-state index in [2.05, 4.69) is 10.3 Å². The number of aromatic nitrogens is 1. The standard InChI is InChI=1S/C14H16ClN3OS2/c1-19-8-6-16-13(20)17-14-18(7-9-21-14)10-11-4-2-3-5-12(11)15/h2-5,7,9H,6,8,10H2,1H3,(H,16,20)/b17-14-. The largest absolute Gasteiger partial charge is 0.383 e. The third-order valence-electron chi connectivity index (χ3n) is 2.74. The summed E-state index contributed by atoms with van der Waals surface area (Å²) in [4.78, 5) is 5.26. The van der Waals surface area contributed by atoms with E-state index in [1.807, 2.05) is 40.4 Å². The van der Waals surface area contributed by atoms with Crippen LogP contribution in [-0.2, 0) is 11.3 Å². The number of nitrogens with one attached hydrogen (secondary N) is 1. The molecule has 0 saturated carbocycles. The Morgan fingerprint density at radius 3 is 3.05 bits per heavy atom. The minimum atomic E-state index is 0.461. The van der Waals surface area contributed by atoms with E-state index in [1.54, 1.807) is 7.11 Å². The van der Waals surface area contributed by atoms with Crippen molar-refractivity contribution in [1.82, 2.24) is 9.88 Å². The van der Waals surface area contributed by atoms with Gasteiger partial charge in [-0.2, -0.15) is 4.99 Å². The summed E-state index contributed by atoms with van der Waals surface area (Å²) in [5.41, 5.74) is 1.05. The number of hydrogen-bond acceptors (Lipinski definition) is 3. The minimum Gasteiger partial charge on any atom is -0.383 e. The smallest absolute Gasteiger partial charge is 0.195 e. The molecule has 7 heteroatoms. The Balaban J connectivity index is 2.11. The number of halogens is 1. The number of ether oxygens (including phenoxy) is 1. The van der Waals surface area contributed by atoms with Crippen molar-refractivity contribution >= 4 is 40.3 Å². The van der Waals surface area contributed by atoms with Crippen molar-refractivity contribution in [2.24, 2.45) is 4.99 Å². The predicted octanol–water partition coefficient (Wildman–Crippen LogP) is 2.67. The molecule has 2 aromatic rings. The number of benzene rings is 1. The molecule has 1 aromatic carbocycles. The summed E-state index contributed by atoms with van der Waals surface area (Å²) in [5, 5.41) is 6.22. The fourth-order valence-electron chi connectivity index (χ4n) is 1.70. The number of nitrogens with zero attached hydrogens (tertiary/aromatic N) is 2. The summed E-state index contributed by atoms with van der Waals surface area (Å²) in [7, 11) is 1.65. The molecular weight excluding hydrogens is 326 g/mol. The highest BCUT2D eigenvalue weighted by Crippen LogP contribution is 2.15. The van der Waals surface area contributed by atoms with E-state index < -0.39 is 0 Å². The second kappa shape index (κ2) is 8.29. The Morgan fingerprint density at radius 1 is 1.48 bits per heavy atom. The van der Waals surface area contributed by atoms with Gasteiger partial charge in [0.1, 0.15) is 0 Å². The second-order valence-electron chi connectivity index (χ2n) is 4.24. The molecule has 0 bridgehead atoms. The van der Waals surface area contributed by atoms with Crippen LogP contribution in [0.5, 0.6) is 0 Å². The van der Waals surface area contributed by atoms with Crippen molar-refractivity contribution in [3.8, 4) is 0 Å². The molecule has 0 fully saturated rings. The van der Waals surface area contributed by atoms with E-state index in [0.29, 0.717) is 24.8 Å². The topological polar surface area (TPSA) is 38.5 Å². The average Bonchev–Trinajstić information content (AvgIpc) is 2.89. The van der Waals surface area contributed by atoms with E-state index in [4.69, 9.17) is 28.6 Å². The van der Waals surface area contributed by atoms with Crippen molar-refractivity contribution in [1.29, 1.82) is 0 Å². The molecule has 1 aromatic heterocycles. The van der Waals surface area contributed by atoms with E-state index >= 15 is 0 Å². The highest BCUT2D eigenvalue weighted by atomic mass is 35.5. The molecule has 0 aliphatic rings. The second-order valence-corrected chi connectivity index (χ2v) is 5.91. The lowest BCUT2D eigenvalue weighted by Crippen LogP contribution is -2.27. The average molecular weight is 342 g/mol. The fourth-order valence-corrected chi connectivity index (χ4v) is 2.88. The lowest BCUT2D eigenvalue weighted by atomic mass is 10.2. The first-order valence-corrected chi connectivity index (χ1v) is 8.06. The van der Waals surface area contributed by atoms with Gasteiger partial charge in [0.2, 0.25) is 0 Å². The van der Waals surface area contributed by atoms with Crippen LogP contribution < -0.4 is 10.1 Å². The van der Waals surface area contributed by atoms with Crippen molar-refractivity contribution in [2.45, 2.75) is 6.54 Å². The Hall–Kier alpha value is -1.21. The third kappa shape index (κ3) is 4.93. The van der Waals surface area contributed by atoms with Gasteiger partial charge in [0.15, 0.2) is 9.91 Å². The van der Waals surface area contributed by atoms with Gasteiger partial charge in [0.05, 0.1) is 13.2 Å². The maximum atomic E-state index is 6.19. The summed E-state index contributed by atoms with van der Waals surface area (Å²) >= 11 is 12.9. The van der Waals surface area contributed by atoms with Crippen molar-refractivity contribution in [2.75, 3.05) is 20.3 Å². The van der Waals surface area contributed by atoms with Crippen LogP contribution in [0.1, 0.15) is 5.56 Å². The zero-order valence-electron chi connectivity index (χ0n) is 11.6. The third-order valence-corrected chi connectivity index (χ3v) is 4.14. The summed E-state index contributed by atoms with van der Waals surface area (Å²) in [6.07, 6.45) is 1.98. The molecule has 0 unspecified atom stereocenters. The highest BCUT2D eigenvalue weighted by molar-refractivity contribution is 7.80. The highest BCUT2D eigenvalue weighted by Gasteiger charge is 2.02. The molecule has 21 heavy (non-hydrogen) atoms. The Morgan fingerprint density at radius 2 is 2.29 bits per heavy atom. The van der Waals surface area contributed by atoms with Crippen LogP contribution in [0, 0.1) is 0 Å². The van der Waals surface area contributed by atoms with Gasteiger partial charge in [0.25, 0.3) is 0 Å². The number of methoxy groups -OCH3 is 1. The first-order valence-electron chi connectivity index (χ1n) is 6.39. The number of hydrogen-bond donors (Lipinski definition) is 1. The van der Waals surface area contributed by atoms with Gasteiger partial charge in [-0.05, 0) is 23.8 Å². The summed E-state index contributed by atoms with van der Waals surface area (Å²) in [6, 6.07) is 7.79. The Labute approximate surface area is 138 Å². The summed E-state index contributed by atoms with van der Waals surface area (Å²) < 4.78 is 6.99. The molecule has 0 amide bonds. The van der Waals surface area contributed by atoms with Gasteiger partial charge in [-0.25, -0.2) is 0 Å². The van der Waals surface area contributed by atoms with E-state index in [1.165, 1.54) is 11.3 Å². The molecule has 4 nitrogen and oxygen atoms in total. The van der Waals surface area contributed by atoms with Crippen molar-refractivity contribution in [3.05, 3.63) is 51.2 Å². The first-order chi connectivity index (χ1) is 10.2. The lowest BCUT2D eigenvalue weighted by molar-refractivity contribution is 0.204. The maximum absolute atomic E-state index is 6.19. The summed E-state index contributed by atoms with van der Waals surface area (Å²) in [6.45, 7) is 1.91. The van der Waals surface area contributed by atoms with Crippen LogP contribution >= 0.6 is 35.2 Å². The molecule has 0 saturated heterocycles. The normalized spacial score (nSPS) is 11.6. The first kappa shape index (κ1) is 16.2. The van der Waals surface area contributed by atoms with Gasteiger partial charge in [-0.15, -0.1) is 11.3 Å². The number of thiocarbonyl (C=S) groups is 1. The van der Waals surface area contributed by atoms with Gasteiger partial charge in [-0.3, -0.25) is 0 Å². The molecule has 0 radical (unpaired) electrons. The monoisotopic (exact) mass is 341 g/mol. The number of thiazole rings is 1. The Kier molecular flexibility index (Phi) is 6.38. The SMILES string of the molecule is COCCNC(=S)/N=c1\sccn1Cc1ccccc1Cl. The predicted molar refractivity (Wildman–Crippen MR) is 90.9 cm³/mol. The van der Waals surface area contributed by atoms with Crippen LogP contribution in [-0.4, -0.2) is 29.9 Å². The van der Waals surface area contributed by atoms with E-state index in [0.717, 1.165) is 15.4 Å². The van der Waals surface area contributed by atoms with E-state index in [9.17, 15) is 0 Å². The molecule has 0 spiro atoms. The van der Waals surface area contributed by atoms with Crippen molar-refractivity contribution in [3.63, 3.8) is 0 Å². The molecule has 0 aliphatic heterocycles. The van der Waals surface area contributed by atoms with Crippen molar-refractivity contribution < 1.29 is 4.74 Å². The molecule has 1 heterocycles. The molecular formula is C14H16ClN3OS2. The van der Waals surface area contributed by atoms with Crippen LogP contribution in [0.25, 0.3) is 0 Å². The van der Waals surface area contributed by atoms with Gasteiger partial charge in [-0.1, -0.05) is 29.8 Å². The zero-order chi connectivity index (χ0) is 15.1. The fraction of sp³-hybridized carbons (Fsp3) is 0.286. The van der Waals surface area contributed by atoms with Gasteiger partial charge < -0.3 is 14.6 Å². The molecule has 0 atom stereocenters. The zero-order valence-corrected chi connectivity index (χ0v) is 14.0. The quantitative estimate of drug-likeness (QED) is 0.671. The number of rotatable bonds is 5. The minimum absolute atomic E-state index is 0.461. The van der Waals surface area contributed by atoms with Crippen LogP contribution in [0.2, 0.25) is 5.02 Å². The molecule has 0 aliphatic carbocycles. The maximum Gasteiger partial charge on any atom is 0.195 e. The van der Waals surface area contributed by atoms with Crippen LogP contribution in [0.15, 0.2) is 40.8 Å².